The molecule has 0 aliphatic heterocycles. The third-order valence-electron chi connectivity index (χ3n) is 2.81. The molecule has 0 radical (unpaired) electrons. The molecule has 0 aromatic heterocycles. The molecule has 0 saturated heterocycles. The van der Waals surface area contributed by atoms with E-state index >= 15 is 0 Å². The predicted molar refractivity (Wildman–Crippen MR) is 65.7 cm³/mol. The van der Waals surface area contributed by atoms with Gasteiger partial charge in [0, 0.05) is 25.2 Å². The molecule has 1 atom stereocenters. The van der Waals surface area contributed by atoms with Crippen LogP contribution in [0.4, 0.5) is 8.78 Å². The van der Waals surface area contributed by atoms with Crippen molar-refractivity contribution in [1.29, 1.82) is 0 Å². The minimum Gasteiger partial charge on any atom is -0.329 e. The van der Waals surface area contributed by atoms with E-state index in [1.165, 1.54) is 12.1 Å². The number of nitrogens with one attached hydrogen (secondary N) is 1. The Labute approximate surface area is 101 Å². The van der Waals surface area contributed by atoms with E-state index in [1.54, 1.807) is 0 Å². The molecule has 0 aliphatic carbocycles. The zero-order valence-corrected chi connectivity index (χ0v) is 10.3. The van der Waals surface area contributed by atoms with Gasteiger partial charge < -0.3 is 11.1 Å². The van der Waals surface area contributed by atoms with E-state index in [1.807, 2.05) is 0 Å². The molecule has 3 N–H and O–H groups in total. The molecule has 1 aromatic carbocycles. The standard InChI is InChI=1S/C13H20F2N2/c1-9(2)13(17-6-5-16)7-10-3-4-11(14)8-12(10)15/h3-4,8-9,13,17H,5-7,16H2,1-2H3. The Morgan fingerprint density at radius 1 is 1.29 bits per heavy atom. The van der Waals surface area contributed by atoms with Crippen LogP contribution >= 0.6 is 0 Å². The Hall–Kier alpha value is -1.00. The molecule has 0 saturated carbocycles. The van der Waals surface area contributed by atoms with E-state index in [-0.39, 0.29) is 6.04 Å². The van der Waals surface area contributed by atoms with Crippen LogP contribution < -0.4 is 11.1 Å². The second kappa shape index (κ2) is 6.67. The Balaban J connectivity index is 2.71. The molecule has 1 rings (SSSR count). The minimum absolute atomic E-state index is 0.151. The first-order valence-electron chi connectivity index (χ1n) is 5.92. The molecule has 0 fully saturated rings. The Kier molecular flexibility index (Phi) is 5.51. The van der Waals surface area contributed by atoms with Gasteiger partial charge in [0.2, 0.25) is 0 Å². The lowest BCUT2D eigenvalue weighted by atomic mass is 9.96. The Bertz CT molecular complexity index is 353. The van der Waals surface area contributed by atoms with Crippen molar-refractivity contribution in [2.45, 2.75) is 26.3 Å². The van der Waals surface area contributed by atoms with Gasteiger partial charge in [-0.2, -0.15) is 0 Å². The topological polar surface area (TPSA) is 38.0 Å². The van der Waals surface area contributed by atoms with Crippen LogP contribution in [0.2, 0.25) is 0 Å². The average molecular weight is 242 g/mol. The van der Waals surface area contributed by atoms with Gasteiger partial charge in [-0.25, -0.2) is 8.78 Å². The van der Waals surface area contributed by atoms with E-state index < -0.39 is 11.6 Å². The average Bonchev–Trinajstić information content (AvgIpc) is 2.26. The Morgan fingerprint density at radius 3 is 2.53 bits per heavy atom. The van der Waals surface area contributed by atoms with Gasteiger partial charge in [-0.05, 0) is 24.0 Å². The molecule has 0 spiro atoms. The maximum absolute atomic E-state index is 13.5. The fourth-order valence-electron chi connectivity index (χ4n) is 1.74. The van der Waals surface area contributed by atoms with Crippen molar-refractivity contribution in [1.82, 2.24) is 5.32 Å². The highest BCUT2D eigenvalue weighted by Gasteiger charge is 2.15. The third kappa shape index (κ3) is 4.40. The van der Waals surface area contributed by atoms with Gasteiger partial charge in [0.15, 0.2) is 0 Å². The van der Waals surface area contributed by atoms with Crippen LogP contribution in [0.1, 0.15) is 19.4 Å². The Morgan fingerprint density at radius 2 is 2.00 bits per heavy atom. The number of hydrogen-bond acceptors (Lipinski definition) is 2. The van der Waals surface area contributed by atoms with Crippen molar-refractivity contribution in [2.75, 3.05) is 13.1 Å². The van der Waals surface area contributed by atoms with Crippen molar-refractivity contribution in [3.63, 3.8) is 0 Å². The number of nitrogens with two attached hydrogens (primary N) is 1. The highest BCUT2D eigenvalue weighted by molar-refractivity contribution is 5.19. The zero-order valence-electron chi connectivity index (χ0n) is 10.3. The van der Waals surface area contributed by atoms with Crippen LogP contribution in [0.25, 0.3) is 0 Å². The fraction of sp³-hybridized carbons (Fsp3) is 0.538. The third-order valence-corrected chi connectivity index (χ3v) is 2.81. The monoisotopic (exact) mass is 242 g/mol. The molecule has 2 nitrogen and oxygen atoms in total. The molecule has 0 heterocycles. The molecule has 1 unspecified atom stereocenters. The van der Waals surface area contributed by atoms with Crippen molar-refractivity contribution in [3.05, 3.63) is 35.4 Å². The smallest absolute Gasteiger partial charge is 0.129 e. The number of benzene rings is 1. The lowest BCUT2D eigenvalue weighted by molar-refractivity contribution is 0.395. The van der Waals surface area contributed by atoms with E-state index in [4.69, 9.17) is 5.73 Å². The molecule has 1 aromatic rings. The van der Waals surface area contributed by atoms with Crippen LogP contribution in [0, 0.1) is 17.6 Å². The quantitative estimate of drug-likeness (QED) is 0.801. The van der Waals surface area contributed by atoms with Crippen molar-refractivity contribution >= 4 is 0 Å². The minimum atomic E-state index is -0.540. The lowest BCUT2D eigenvalue weighted by Crippen LogP contribution is -2.38. The first-order valence-corrected chi connectivity index (χ1v) is 5.92. The second-order valence-corrected chi connectivity index (χ2v) is 4.53. The summed E-state index contributed by atoms with van der Waals surface area (Å²) in [5.41, 5.74) is 5.97. The van der Waals surface area contributed by atoms with E-state index in [0.29, 0.717) is 31.0 Å². The number of rotatable bonds is 6. The number of halogens is 2. The molecular weight excluding hydrogens is 222 g/mol. The van der Waals surface area contributed by atoms with E-state index in [2.05, 4.69) is 19.2 Å². The van der Waals surface area contributed by atoms with Crippen molar-refractivity contribution in [3.8, 4) is 0 Å². The van der Waals surface area contributed by atoms with Crippen LogP contribution in [0.3, 0.4) is 0 Å². The lowest BCUT2D eigenvalue weighted by Gasteiger charge is -2.22. The maximum Gasteiger partial charge on any atom is 0.129 e. The summed E-state index contributed by atoms with van der Waals surface area (Å²) in [4.78, 5) is 0. The van der Waals surface area contributed by atoms with E-state index in [9.17, 15) is 8.78 Å². The molecular formula is C13H20F2N2. The summed E-state index contributed by atoms with van der Waals surface area (Å²) >= 11 is 0. The molecule has 4 heteroatoms. The van der Waals surface area contributed by atoms with Crippen LogP contribution in [0.15, 0.2) is 18.2 Å². The molecule has 0 bridgehead atoms. The van der Waals surface area contributed by atoms with Gasteiger partial charge in [0.05, 0.1) is 0 Å². The van der Waals surface area contributed by atoms with Gasteiger partial charge >= 0.3 is 0 Å². The normalized spacial score (nSPS) is 13.1. The maximum atomic E-state index is 13.5. The predicted octanol–water partition coefficient (Wildman–Crippen LogP) is 2.08. The van der Waals surface area contributed by atoms with Crippen molar-refractivity contribution < 1.29 is 8.78 Å². The van der Waals surface area contributed by atoms with Crippen LogP contribution in [-0.4, -0.2) is 19.1 Å². The molecule has 96 valence electrons. The molecule has 0 aliphatic rings. The first-order chi connectivity index (χ1) is 8.04. The summed E-state index contributed by atoms with van der Waals surface area (Å²) in [5, 5.41) is 3.27. The van der Waals surface area contributed by atoms with E-state index in [0.717, 1.165) is 6.07 Å². The summed E-state index contributed by atoms with van der Waals surface area (Å²) in [6.07, 6.45) is 0.545. The SMILES string of the molecule is CC(C)C(Cc1ccc(F)cc1F)NCCN. The van der Waals surface area contributed by atoms with Crippen molar-refractivity contribution in [2.24, 2.45) is 11.7 Å². The number of hydrogen-bond donors (Lipinski definition) is 2. The summed E-state index contributed by atoms with van der Waals surface area (Å²) in [7, 11) is 0. The summed E-state index contributed by atoms with van der Waals surface area (Å²) in [6, 6.07) is 3.87. The van der Waals surface area contributed by atoms with Crippen LogP contribution in [0.5, 0.6) is 0 Å². The van der Waals surface area contributed by atoms with Gasteiger partial charge in [-0.15, -0.1) is 0 Å². The second-order valence-electron chi connectivity index (χ2n) is 4.53. The van der Waals surface area contributed by atoms with Gasteiger partial charge in [-0.3, -0.25) is 0 Å². The molecule has 0 amide bonds. The summed E-state index contributed by atoms with van der Waals surface area (Å²) in [6.45, 7) is 5.38. The summed E-state index contributed by atoms with van der Waals surface area (Å²) < 4.78 is 26.3. The van der Waals surface area contributed by atoms with Gasteiger partial charge in [0.1, 0.15) is 11.6 Å². The molecule has 17 heavy (non-hydrogen) atoms. The fourth-order valence-corrected chi connectivity index (χ4v) is 1.74. The highest BCUT2D eigenvalue weighted by atomic mass is 19.1. The van der Waals surface area contributed by atoms with Gasteiger partial charge in [0.25, 0.3) is 0 Å². The first kappa shape index (κ1) is 14.1. The summed E-state index contributed by atoms with van der Waals surface area (Å²) in [5.74, 6) is -0.654. The van der Waals surface area contributed by atoms with Crippen LogP contribution in [-0.2, 0) is 6.42 Å². The largest absolute Gasteiger partial charge is 0.329 e. The highest BCUT2D eigenvalue weighted by Crippen LogP contribution is 2.15. The zero-order chi connectivity index (χ0) is 12.8. The van der Waals surface area contributed by atoms with Gasteiger partial charge in [-0.1, -0.05) is 19.9 Å².